The normalized spacial score (nSPS) is 10.2. The molecule has 22 heavy (non-hydrogen) atoms. The summed E-state index contributed by atoms with van der Waals surface area (Å²) in [7, 11) is 4.56. The lowest BCUT2D eigenvalue weighted by atomic mass is 10.0. The first-order valence-electron chi connectivity index (χ1n) is 6.52. The van der Waals surface area contributed by atoms with Crippen LogP contribution in [-0.4, -0.2) is 32.1 Å². The van der Waals surface area contributed by atoms with Gasteiger partial charge in [-0.15, -0.1) is 0 Å². The number of carbonyl (C=O) groups excluding carboxylic acids is 1. The number of ether oxygens (including phenoxy) is 3. The van der Waals surface area contributed by atoms with Crippen LogP contribution in [0.4, 0.5) is 0 Å². The van der Waals surface area contributed by atoms with E-state index in [0.717, 1.165) is 5.56 Å². The second-order valence-corrected chi connectivity index (χ2v) is 5.31. The lowest BCUT2D eigenvalue weighted by Crippen LogP contribution is -2.06. The van der Waals surface area contributed by atoms with Gasteiger partial charge >= 0.3 is 0 Å². The Labute approximate surface area is 137 Å². The van der Waals surface area contributed by atoms with Gasteiger partial charge in [0.25, 0.3) is 0 Å². The molecule has 1 aromatic heterocycles. The molecule has 1 heterocycles. The Morgan fingerprint density at radius 2 is 1.73 bits per heavy atom. The third-order valence-corrected chi connectivity index (χ3v) is 3.58. The number of pyridine rings is 1. The molecule has 0 atom stereocenters. The number of hydrogen-bond donors (Lipinski definition) is 0. The Morgan fingerprint density at radius 1 is 1.09 bits per heavy atom. The van der Waals surface area contributed by atoms with Crippen LogP contribution >= 0.6 is 15.9 Å². The highest BCUT2D eigenvalue weighted by Crippen LogP contribution is 2.38. The zero-order valence-corrected chi connectivity index (χ0v) is 14.1. The smallest absolute Gasteiger partial charge is 0.203 e. The quantitative estimate of drug-likeness (QED) is 0.580. The highest BCUT2D eigenvalue weighted by molar-refractivity contribution is 9.10. The number of Topliss-reactive ketones (excluding diaryl/α,β-unsaturated/α-hetero) is 1. The van der Waals surface area contributed by atoms with Gasteiger partial charge in [-0.1, -0.05) is 0 Å². The molecule has 0 bridgehead atoms. The number of nitrogens with zero attached hydrogens (tertiary/aromatic N) is 1. The summed E-state index contributed by atoms with van der Waals surface area (Å²) in [4.78, 5) is 16.5. The van der Waals surface area contributed by atoms with E-state index in [1.807, 2.05) is 6.07 Å². The van der Waals surface area contributed by atoms with E-state index in [-0.39, 0.29) is 12.2 Å². The topological polar surface area (TPSA) is 57.7 Å². The average molecular weight is 366 g/mol. The molecule has 116 valence electrons. The number of ketones is 1. The number of carbonyl (C=O) groups is 1. The van der Waals surface area contributed by atoms with E-state index in [0.29, 0.717) is 27.4 Å². The number of hydrogen-bond acceptors (Lipinski definition) is 5. The van der Waals surface area contributed by atoms with Crippen molar-refractivity contribution in [2.45, 2.75) is 6.42 Å². The predicted octanol–water partition coefficient (Wildman–Crippen LogP) is 3.30. The van der Waals surface area contributed by atoms with Crippen molar-refractivity contribution in [2.75, 3.05) is 21.3 Å². The van der Waals surface area contributed by atoms with Gasteiger partial charge in [0, 0.05) is 18.2 Å². The van der Waals surface area contributed by atoms with Crippen molar-refractivity contribution in [2.24, 2.45) is 0 Å². The fourth-order valence-electron chi connectivity index (χ4n) is 2.08. The van der Waals surface area contributed by atoms with Gasteiger partial charge in [-0.05, 0) is 45.8 Å². The van der Waals surface area contributed by atoms with E-state index in [2.05, 4.69) is 20.9 Å². The van der Waals surface area contributed by atoms with Crippen molar-refractivity contribution < 1.29 is 19.0 Å². The summed E-state index contributed by atoms with van der Waals surface area (Å²) in [5.74, 6) is 1.34. The summed E-state index contributed by atoms with van der Waals surface area (Å²) in [5.41, 5.74) is 1.38. The Kier molecular flexibility index (Phi) is 5.38. The minimum atomic E-state index is -0.0441. The van der Waals surface area contributed by atoms with Crippen molar-refractivity contribution in [1.29, 1.82) is 0 Å². The van der Waals surface area contributed by atoms with Gasteiger partial charge in [0.2, 0.25) is 5.75 Å². The van der Waals surface area contributed by atoms with Crippen LogP contribution in [0.15, 0.2) is 35.1 Å². The first-order valence-corrected chi connectivity index (χ1v) is 7.32. The first-order chi connectivity index (χ1) is 10.6. The van der Waals surface area contributed by atoms with Crippen molar-refractivity contribution in [1.82, 2.24) is 4.98 Å². The van der Waals surface area contributed by atoms with E-state index >= 15 is 0 Å². The van der Waals surface area contributed by atoms with Crippen LogP contribution in [0.1, 0.15) is 15.9 Å². The van der Waals surface area contributed by atoms with Crippen LogP contribution in [-0.2, 0) is 6.42 Å². The van der Waals surface area contributed by atoms with Crippen LogP contribution < -0.4 is 14.2 Å². The molecule has 5 nitrogen and oxygen atoms in total. The molecule has 0 amide bonds. The molecule has 0 unspecified atom stereocenters. The SMILES string of the molecule is COc1cc(C(=O)Cc2ccnc(Br)c2)cc(OC)c1OC. The fraction of sp³-hybridized carbons (Fsp3) is 0.250. The number of aromatic nitrogens is 1. The maximum atomic E-state index is 12.5. The van der Waals surface area contributed by atoms with Crippen molar-refractivity contribution in [3.63, 3.8) is 0 Å². The van der Waals surface area contributed by atoms with Gasteiger partial charge in [0.05, 0.1) is 21.3 Å². The van der Waals surface area contributed by atoms with Crippen molar-refractivity contribution in [3.8, 4) is 17.2 Å². The monoisotopic (exact) mass is 365 g/mol. The van der Waals surface area contributed by atoms with Crippen LogP contribution in [0.25, 0.3) is 0 Å². The van der Waals surface area contributed by atoms with Gasteiger partial charge in [-0.2, -0.15) is 0 Å². The minimum Gasteiger partial charge on any atom is -0.493 e. The Hall–Kier alpha value is -2.08. The van der Waals surface area contributed by atoms with Gasteiger partial charge < -0.3 is 14.2 Å². The summed E-state index contributed by atoms with van der Waals surface area (Å²) < 4.78 is 16.5. The molecule has 0 spiro atoms. The summed E-state index contributed by atoms with van der Waals surface area (Å²) in [5, 5.41) is 0. The first kappa shape index (κ1) is 16.3. The minimum absolute atomic E-state index is 0.0441. The second kappa shape index (κ2) is 7.26. The van der Waals surface area contributed by atoms with Gasteiger partial charge in [-0.3, -0.25) is 4.79 Å². The largest absolute Gasteiger partial charge is 0.493 e. The molecule has 0 aliphatic carbocycles. The maximum absolute atomic E-state index is 12.5. The molecule has 2 rings (SSSR count). The number of benzene rings is 1. The standard InChI is InChI=1S/C16H16BrNO4/c1-20-13-8-11(9-14(21-2)16(13)22-3)12(19)6-10-4-5-18-15(17)7-10/h4-5,7-9H,6H2,1-3H3. The van der Waals surface area contributed by atoms with Crippen LogP contribution in [0.3, 0.4) is 0 Å². The highest BCUT2D eigenvalue weighted by Gasteiger charge is 2.17. The molecule has 2 aromatic rings. The lowest BCUT2D eigenvalue weighted by Gasteiger charge is -2.13. The predicted molar refractivity (Wildman–Crippen MR) is 86.1 cm³/mol. The van der Waals surface area contributed by atoms with Gasteiger partial charge in [0.15, 0.2) is 17.3 Å². The molecular formula is C16H16BrNO4. The van der Waals surface area contributed by atoms with E-state index < -0.39 is 0 Å². The van der Waals surface area contributed by atoms with Crippen molar-refractivity contribution >= 4 is 21.7 Å². The van der Waals surface area contributed by atoms with Gasteiger partial charge in [-0.25, -0.2) is 4.98 Å². The van der Waals surface area contributed by atoms with E-state index in [4.69, 9.17) is 14.2 Å². The Bertz CT molecular complexity index is 663. The number of rotatable bonds is 6. The molecular weight excluding hydrogens is 350 g/mol. The summed E-state index contributed by atoms with van der Waals surface area (Å²) in [6.07, 6.45) is 1.92. The number of methoxy groups -OCH3 is 3. The van der Waals surface area contributed by atoms with Gasteiger partial charge in [0.1, 0.15) is 4.60 Å². The second-order valence-electron chi connectivity index (χ2n) is 4.50. The molecule has 0 saturated heterocycles. The van der Waals surface area contributed by atoms with E-state index in [1.165, 1.54) is 21.3 Å². The zero-order valence-electron chi connectivity index (χ0n) is 12.6. The number of halogens is 1. The third-order valence-electron chi connectivity index (χ3n) is 3.14. The summed E-state index contributed by atoms with van der Waals surface area (Å²) in [6.45, 7) is 0. The molecule has 1 aromatic carbocycles. The molecule has 0 fully saturated rings. The summed E-state index contributed by atoms with van der Waals surface area (Å²) in [6, 6.07) is 6.93. The Balaban J connectivity index is 2.33. The fourth-order valence-corrected chi connectivity index (χ4v) is 2.49. The highest BCUT2D eigenvalue weighted by atomic mass is 79.9. The summed E-state index contributed by atoms with van der Waals surface area (Å²) >= 11 is 3.29. The zero-order chi connectivity index (χ0) is 16.1. The van der Waals surface area contributed by atoms with E-state index in [9.17, 15) is 4.79 Å². The molecule has 0 aliphatic rings. The molecule has 0 aliphatic heterocycles. The molecule has 0 saturated carbocycles. The van der Waals surface area contributed by atoms with Crippen LogP contribution in [0.5, 0.6) is 17.2 Å². The molecule has 6 heteroatoms. The van der Waals surface area contributed by atoms with Crippen molar-refractivity contribution in [3.05, 3.63) is 46.2 Å². The lowest BCUT2D eigenvalue weighted by molar-refractivity contribution is 0.0992. The average Bonchev–Trinajstić information content (AvgIpc) is 2.53. The third kappa shape index (κ3) is 3.57. The molecule has 0 radical (unpaired) electrons. The Morgan fingerprint density at radius 3 is 2.23 bits per heavy atom. The molecule has 0 N–H and O–H groups in total. The maximum Gasteiger partial charge on any atom is 0.203 e. The van der Waals surface area contributed by atoms with E-state index in [1.54, 1.807) is 24.4 Å². The van der Waals surface area contributed by atoms with Crippen LogP contribution in [0.2, 0.25) is 0 Å². The van der Waals surface area contributed by atoms with Crippen LogP contribution in [0, 0.1) is 0 Å².